The molecule has 1 aromatic carbocycles. The summed E-state index contributed by atoms with van der Waals surface area (Å²) in [5, 5.41) is 12.3. The number of nitrogens with zero attached hydrogens (tertiary/aromatic N) is 1. The maximum Gasteiger partial charge on any atom is 0.223 e. The molecule has 2 N–H and O–H groups in total. The SMILES string of the molecule is CNC(=O)C(C)CN(C)C1CCCc2cc(O)ccc21. The number of nitrogens with one attached hydrogen (secondary N) is 1. The van der Waals surface area contributed by atoms with Gasteiger partial charge in [-0.3, -0.25) is 9.69 Å². The van der Waals surface area contributed by atoms with Crippen LogP contribution in [0.15, 0.2) is 18.2 Å². The Bertz CT molecular complexity index is 487. The third-order valence-electron chi connectivity index (χ3n) is 4.20. The minimum atomic E-state index is -0.0208. The zero-order chi connectivity index (χ0) is 14.7. The van der Waals surface area contributed by atoms with Crippen molar-refractivity contribution in [3.63, 3.8) is 0 Å². The number of carbonyl (C=O) groups is 1. The van der Waals surface area contributed by atoms with Crippen molar-refractivity contribution in [2.75, 3.05) is 20.6 Å². The summed E-state index contributed by atoms with van der Waals surface area (Å²) in [6, 6.07) is 5.99. The molecule has 0 fully saturated rings. The largest absolute Gasteiger partial charge is 0.508 e. The molecule has 2 unspecified atom stereocenters. The second kappa shape index (κ2) is 6.27. The molecule has 1 aliphatic rings. The van der Waals surface area contributed by atoms with Crippen LogP contribution in [0.25, 0.3) is 0 Å². The van der Waals surface area contributed by atoms with Gasteiger partial charge in [-0.25, -0.2) is 0 Å². The standard InChI is InChI=1S/C16H24N2O2/c1-11(16(20)17-2)10-18(3)15-6-4-5-12-9-13(19)7-8-14(12)15/h7-9,11,15,19H,4-6,10H2,1-3H3,(H,17,20). The molecule has 4 heteroatoms. The Kier molecular flexibility index (Phi) is 4.65. The van der Waals surface area contributed by atoms with E-state index >= 15 is 0 Å². The van der Waals surface area contributed by atoms with Crippen molar-refractivity contribution in [3.05, 3.63) is 29.3 Å². The predicted molar refractivity (Wildman–Crippen MR) is 79.6 cm³/mol. The fraction of sp³-hybridized carbons (Fsp3) is 0.562. The average molecular weight is 276 g/mol. The highest BCUT2D eigenvalue weighted by atomic mass is 16.3. The zero-order valence-electron chi connectivity index (χ0n) is 12.5. The average Bonchev–Trinajstić information content (AvgIpc) is 2.45. The quantitative estimate of drug-likeness (QED) is 0.885. The molecule has 0 heterocycles. The van der Waals surface area contributed by atoms with Gasteiger partial charge >= 0.3 is 0 Å². The molecule has 2 atom stereocenters. The van der Waals surface area contributed by atoms with E-state index in [-0.39, 0.29) is 11.8 Å². The lowest BCUT2D eigenvalue weighted by atomic mass is 9.86. The normalized spacial score (nSPS) is 19.5. The second-order valence-corrected chi connectivity index (χ2v) is 5.75. The van der Waals surface area contributed by atoms with E-state index in [1.165, 1.54) is 11.1 Å². The van der Waals surface area contributed by atoms with E-state index in [0.717, 1.165) is 25.8 Å². The molecule has 0 aromatic heterocycles. The van der Waals surface area contributed by atoms with E-state index in [1.807, 2.05) is 19.1 Å². The summed E-state index contributed by atoms with van der Waals surface area (Å²) in [5.41, 5.74) is 2.53. The molecular weight excluding hydrogens is 252 g/mol. The third-order valence-corrected chi connectivity index (χ3v) is 4.20. The Balaban J connectivity index is 2.12. The zero-order valence-corrected chi connectivity index (χ0v) is 12.5. The Morgan fingerprint density at radius 1 is 1.55 bits per heavy atom. The number of aryl methyl sites for hydroxylation is 1. The van der Waals surface area contributed by atoms with Gasteiger partial charge in [0.05, 0.1) is 0 Å². The van der Waals surface area contributed by atoms with E-state index in [0.29, 0.717) is 11.8 Å². The lowest BCUT2D eigenvalue weighted by Gasteiger charge is -2.34. The lowest BCUT2D eigenvalue weighted by Crippen LogP contribution is -2.37. The van der Waals surface area contributed by atoms with E-state index in [2.05, 4.69) is 17.3 Å². The summed E-state index contributed by atoms with van der Waals surface area (Å²) in [6.45, 7) is 2.69. The number of benzene rings is 1. The Morgan fingerprint density at radius 3 is 3.00 bits per heavy atom. The molecule has 0 saturated carbocycles. The summed E-state index contributed by atoms with van der Waals surface area (Å²) in [5.74, 6) is 0.400. The molecule has 0 saturated heterocycles. The first-order valence-electron chi connectivity index (χ1n) is 7.26. The monoisotopic (exact) mass is 276 g/mol. The van der Waals surface area contributed by atoms with Crippen LogP contribution in [-0.4, -0.2) is 36.6 Å². The smallest absolute Gasteiger partial charge is 0.223 e. The summed E-state index contributed by atoms with van der Waals surface area (Å²) in [4.78, 5) is 13.9. The fourth-order valence-electron chi connectivity index (χ4n) is 3.12. The second-order valence-electron chi connectivity index (χ2n) is 5.75. The Labute approximate surface area is 120 Å². The number of hydrogen-bond donors (Lipinski definition) is 2. The lowest BCUT2D eigenvalue weighted by molar-refractivity contribution is -0.124. The number of phenols is 1. The van der Waals surface area contributed by atoms with Crippen LogP contribution in [0.4, 0.5) is 0 Å². The van der Waals surface area contributed by atoms with Crippen molar-refractivity contribution in [1.29, 1.82) is 0 Å². The van der Waals surface area contributed by atoms with Gasteiger partial charge in [0, 0.05) is 25.6 Å². The number of aromatic hydroxyl groups is 1. The number of rotatable bonds is 4. The first-order chi connectivity index (χ1) is 9.52. The highest BCUT2D eigenvalue weighted by Gasteiger charge is 2.26. The molecule has 0 aliphatic heterocycles. The van der Waals surface area contributed by atoms with E-state index < -0.39 is 0 Å². The van der Waals surface area contributed by atoms with Crippen molar-refractivity contribution in [1.82, 2.24) is 10.2 Å². The van der Waals surface area contributed by atoms with Crippen LogP contribution < -0.4 is 5.32 Å². The van der Waals surface area contributed by atoms with Crippen LogP contribution in [0.5, 0.6) is 5.75 Å². The molecule has 1 aromatic rings. The van der Waals surface area contributed by atoms with Crippen LogP contribution in [0.1, 0.15) is 36.9 Å². The molecule has 0 bridgehead atoms. The maximum atomic E-state index is 11.6. The van der Waals surface area contributed by atoms with Crippen molar-refractivity contribution >= 4 is 5.91 Å². The van der Waals surface area contributed by atoms with Crippen LogP contribution in [-0.2, 0) is 11.2 Å². The van der Waals surface area contributed by atoms with E-state index in [4.69, 9.17) is 0 Å². The molecule has 1 amide bonds. The van der Waals surface area contributed by atoms with Gasteiger partial charge in [0.2, 0.25) is 5.91 Å². The van der Waals surface area contributed by atoms with Crippen LogP contribution in [0.2, 0.25) is 0 Å². The molecule has 4 nitrogen and oxygen atoms in total. The Hall–Kier alpha value is -1.55. The predicted octanol–water partition coefficient (Wildman–Crippen LogP) is 2.08. The minimum absolute atomic E-state index is 0.0208. The first-order valence-corrected chi connectivity index (χ1v) is 7.26. The van der Waals surface area contributed by atoms with E-state index in [9.17, 15) is 9.90 Å². The van der Waals surface area contributed by atoms with Gasteiger partial charge in [0.15, 0.2) is 0 Å². The molecule has 1 aliphatic carbocycles. The van der Waals surface area contributed by atoms with E-state index in [1.54, 1.807) is 13.1 Å². The minimum Gasteiger partial charge on any atom is -0.508 e. The maximum absolute atomic E-state index is 11.6. The number of hydrogen-bond acceptors (Lipinski definition) is 3. The number of carbonyl (C=O) groups excluding carboxylic acids is 1. The van der Waals surface area contributed by atoms with Crippen molar-refractivity contribution in [3.8, 4) is 5.75 Å². The van der Waals surface area contributed by atoms with Crippen molar-refractivity contribution in [2.24, 2.45) is 5.92 Å². The molecule has 0 spiro atoms. The van der Waals surface area contributed by atoms with Crippen molar-refractivity contribution in [2.45, 2.75) is 32.2 Å². The van der Waals surface area contributed by atoms with Gasteiger partial charge in [-0.15, -0.1) is 0 Å². The van der Waals surface area contributed by atoms with Gasteiger partial charge < -0.3 is 10.4 Å². The fourth-order valence-corrected chi connectivity index (χ4v) is 3.12. The summed E-state index contributed by atoms with van der Waals surface area (Å²) in [7, 11) is 3.75. The van der Waals surface area contributed by atoms with Gasteiger partial charge in [-0.05, 0) is 49.6 Å². The number of phenolic OH excluding ortho intramolecular Hbond substituents is 1. The summed E-state index contributed by atoms with van der Waals surface area (Å²) < 4.78 is 0. The van der Waals surface area contributed by atoms with Gasteiger partial charge in [-0.1, -0.05) is 13.0 Å². The molecule has 110 valence electrons. The highest BCUT2D eigenvalue weighted by molar-refractivity contribution is 5.78. The third kappa shape index (κ3) is 3.12. The van der Waals surface area contributed by atoms with Gasteiger partial charge in [0.1, 0.15) is 5.75 Å². The first kappa shape index (κ1) is 14.9. The number of amides is 1. The highest BCUT2D eigenvalue weighted by Crippen LogP contribution is 2.35. The molecule has 20 heavy (non-hydrogen) atoms. The van der Waals surface area contributed by atoms with Crippen LogP contribution in [0.3, 0.4) is 0 Å². The van der Waals surface area contributed by atoms with Crippen molar-refractivity contribution < 1.29 is 9.90 Å². The van der Waals surface area contributed by atoms with Gasteiger partial charge in [0.25, 0.3) is 0 Å². The molecular formula is C16H24N2O2. The van der Waals surface area contributed by atoms with Gasteiger partial charge in [-0.2, -0.15) is 0 Å². The molecule has 2 rings (SSSR count). The number of fused-ring (bicyclic) bond motifs is 1. The summed E-state index contributed by atoms with van der Waals surface area (Å²) >= 11 is 0. The Morgan fingerprint density at radius 2 is 2.30 bits per heavy atom. The molecule has 0 radical (unpaired) electrons. The summed E-state index contributed by atoms with van der Waals surface area (Å²) in [6.07, 6.45) is 3.26. The van der Waals surface area contributed by atoms with Crippen LogP contribution >= 0.6 is 0 Å². The topological polar surface area (TPSA) is 52.6 Å². The van der Waals surface area contributed by atoms with Crippen LogP contribution in [0, 0.1) is 5.92 Å².